The first kappa shape index (κ1) is 23.0. The molecule has 196 valence electrons. The molecule has 2 N–H and O–H groups in total. The highest BCUT2D eigenvalue weighted by Crippen LogP contribution is 2.51. The zero-order chi connectivity index (χ0) is 26.1. The second-order valence-corrected chi connectivity index (χ2v) is 11.1. The minimum Gasteiger partial charge on any atom is -0.381 e. The molecule has 9 heteroatoms. The normalized spacial score (nSPS) is 21.1. The summed E-state index contributed by atoms with van der Waals surface area (Å²) in [4.78, 5) is 26.5. The Morgan fingerprint density at radius 1 is 1.10 bits per heavy atom. The van der Waals surface area contributed by atoms with Crippen LogP contribution in [0.1, 0.15) is 65.3 Å². The van der Waals surface area contributed by atoms with Crippen molar-refractivity contribution in [2.45, 2.75) is 49.6 Å². The Morgan fingerprint density at radius 3 is 2.82 bits per heavy atom. The van der Waals surface area contributed by atoms with Gasteiger partial charge in [-0.05, 0) is 55.9 Å². The highest BCUT2D eigenvalue weighted by molar-refractivity contribution is 6.19. The Labute approximate surface area is 224 Å². The molecule has 1 atom stereocenters. The quantitative estimate of drug-likeness (QED) is 0.379. The van der Waals surface area contributed by atoms with Gasteiger partial charge in [0.2, 0.25) is 0 Å². The number of aliphatic imine (C=N–C) groups is 1. The lowest BCUT2D eigenvalue weighted by Gasteiger charge is -2.34. The van der Waals surface area contributed by atoms with Crippen molar-refractivity contribution in [1.82, 2.24) is 19.7 Å². The van der Waals surface area contributed by atoms with Gasteiger partial charge in [0.15, 0.2) is 0 Å². The standard InChI is InChI=1S/C30H27FN6O2/c31-17-7-10-37-24(16-32-26(37)13-17)19-3-5-22(27-20(19)15-33-29(27)38)35-25-6-4-21-28(36-25)23(34-18-1-2-18)14-30(21)8-11-39-12-9-30/h3-7,10,13,15-16,18,23,34H,1-2,8-9,11-12,14H2,(H,35,36). The molecule has 8 rings (SSSR count). The number of hydrogen-bond acceptors (Lipinski definition) is 6. The molecule has 1 unspecified atom stereocenters. The minimum atomic E-state index is -0.347. The van der Waals surface area contributed by atoms with E-state index >= 15 is 0 Å². The highest BCUT2D eigenvalue weighted by atomic mass is 19.1. The molecule has 1 saturated carbocycles. The third-order valence-corrected chi connectivity index (χ3v) is 8.67. The van der Waals surface area contributed by atoms with Crippen LogP contribution >= 0.6 is 0 Å². The molecule has 0 bridgehead atoms. The van der Waals surface area contributed by atoms with Crippen LogP contribution in [0.3, 0.4) is 0 Å². The molecule has 0 radical (unpaired) electrons. The topological polar surface area (TPSA) is 92.9 Å². The lowest BCUT2D eigenvalue weighted by Crippen LogP contribution is -2.33. The average molecular weight is 523 g/mol. The van der Waals surface area contributed by atoms with E-state index in [-0.39, 0.29) is 23.2 Å². The van der Waals surface area contributed by atoms with Crippen LogP contribution in [0.4, 0.5) is 15.9 Å². The summed E-state index contributed by atoms with van der Waals surface area (Å²) in [5, 5.41) is 7.25. The van der Waals surface area contributed by atoms with Crippen LogP contribution < -0.4 is 10.6 Å². The van der Waals surface area contributed by atoms with Crippen LogP contribution in [0.2, 0.25) is 0 Å². The molecule has 8 nitrogen and oxygen atoms in total. The molecule has 5 heterocycles. The maximum Gasteiger partial charge on any atom is 0.279 e. The summed E-state index contributed by atoms with van der Waals surface area (Å²) in [6.45, 7) is 1.58. The van der Waals surface area contributed by atoms with E-state index in [2.05, 4.69) is 26.7 Å². The lowest BCUT2D eigenvalue weighted by molar-refractivity contribution is 0.0480. The number of imidazole rings is 1. The van der Waals surface area contributed by atoms with Gasteiger partial charge in [-0.3, -0.25) is 9.20 Å². The van der Waals surface area contributed by atoms with Crippen molar-refractivity contribution in [2.75, 3.05) is 18.5 Å². The number of carbonyl (C=O) groups excluding carboxylic acids is 1. The van der Waals surface area contributed by atoms with Crippen molar-refractivity contribution in [2.24, 2.45) is 4.99 Å². The van der Waals surface area contributed by atoms with Crippen molar-refractivity contribution >= 4 is 29.3 Å². The second-order valence-electron chi connectivity index (χ2n) is 11.1. The van der Waals surface area contributed by atoms with E-state index in [0.29, 0.717) is 34.3 Å². The minimum absolute atomic E-state index is 0.120. The third-order valence-electron chi connectivity index (χ3n) is 8.67. The fourth-order valence-electron chi connectivity index (χ4n) is 6.56. The molecule has 1 aromatic carbocycles. The molecule has 4 aromatic rings. The van der Waals surface area contributed by atoms with Gasteiger partial charge in [0.05, 0.1) is 34.9 Å². The first-order valence-corrected chi connectivity index (χ1v) is 13.6. The molecule has 39 heavy (non-hydrogen) atoms. The van der Waals surface area contributed by atoms with Crippen LogP contribution in [-0.4, -0.2) is 45.7 Å². The molecule has 1 amide bonds. The van der Waals surface area contributed by atoms with Gasteiger partial charge in [-0.25, -0.2) is 19.4 Å². The van der Waals surface area contributed by atoms with Gasteiger partial charge < -0.3 is 15.4 Å². The Balaban J connectivity index is 1.17. The van der Waals surface area contributed by atoms with Crippen LogP contribution in [-0.2, 0) is 10.2 Å². The molecule has 2 aliphatic carbocycles. The number of benzene rings is 1. The number of hydrogen-bond donors (Lipinski definition) is 2. The third kappa shape index (κ3) is 3.71. The van der Waals surface area contributed by atoms with Crippen molar-refractivity contribution < 1.29 is 13.9 Å². The zero-order valence-corrected chi connectivity index (χ0v) is 21.3. The summed E-state index contributed by atoms with van der Waals surface area (Å²) in [5.74, 6) is 0.0607. The van der Waals surface area contributed by atoms with Crippen molar-refractivity contribution in [3.63, 3.8) is 0 Å². The molecular weight excluding hydrogens is 495 g/mol. The molecule has 2 aliphatic heterocycles. The van der Waals surface area contributed by atoms with Gasteiger partial charge in [0.25, 0.3) is 5.91 Å². The fourth-order valence-corrected chi connectivity index (χ4v) is 6.56. The summed E-state index contributed by atoms with van der Waals surface area (Å²) in [6.07, 6.45) is 10.5. The maximum atomic E-state index is 13.7. The molecular formula is C30H27FN6O2. The summed E-state index contributed by atoms with van der Waals surface area (Å²) in [5.41, 5.74) is 6.51. The van der Waals surface area contributed by atoms with E-state index in [1.165, 1.54) is 30.5 Å². The summed E-state index contributed by atoms with van der Waals surface area (Å²) < 4.78 is 21.2. The number of carbonyl (C=O) groups is 1. The number of halogens is 1. The van der Waals surface area contributed by atoms with Crippen molar-refractivity contribution in [3.05, 3.63) is 77.0 Å². The van der Waals surface area contributed by atoms with E-state index in [1.54, 1.807) is 18.6 Å². The number of amides is 1. The predicted molar refractivity (Wildman–Crippen MR) is 145 cm³/mol. The zero-order valence-electron chi connectivity index (χ0n) is 21.3. The van der Waals surface area contributed by atoms with Crippen LogP contribution in [0, 0.1) is 5.82 Å². The second kappa shape index (κ2) is 8.53. The van der Waals surface area contributed by atoms with E-state index in [9.17, 15) is 9.18 Å². The number of rotatable bonds is 5. The van der Waals surface area contributed by atoms with Gasteiger partial charge in [-0.1, -0.05) is 12.1 Å². The molecule has 2 fully saturated rings. The number of ether oxygens (including phenoxy) is 1. The highest BCUT2D eigenvalue weighted by Gasteiger charge is 2.46. The Hall–Kier alpha value is -3.95. The number of anilines is 2. The first-order valence-electron chi connectivity index (χ1n) is 13.6. The molecule has 4 aliphatic rings. The largest absolute Gasteiger partial charge is 0.381 e. The molecule has 1 spiro atoms. The number of aromatic nitrogens is 3. The Morgan fingerprint density at radius 2 is 1.97 bits per heavy atom. The van der Waals surface area contributed by atoms with Gasteiger partial charge in [-0.15, -0.1) is 0 Å². The van der Waals surface area contributed by atoms with Crippen LogP contribution in [0.15, 0.2) is 53.8 Å². The number of pyridine rings is 2. The van der Waals surface area contributed by atoms with Gasteiger partial charge in [0, 0.05) is 54.3 Å². The summed E-state index contributed by atoms with van der Waals surface area (Å²) >= 11 is 0. The first-order chi connectivity index (χ1) is 19.1. The number of nitrogens with one attached hydrogen (secondary N) is 2. The molecule has 3 aromatic heterocycles. The fraction of sp³-hybridized carbons (Fsp3) is 0.333. The average Bonchev–Trinajstić information content (AvgIpc) is 3.43. The van der Waals surface area contributed by atoms with Gasteiger partial charge in [0.1, 0.15) is 17.3 Å². The monoisotopic (exact) mass is 522 g/mol. The Bertz CT molecular complexity index is 1680. The van der Waals surface area contributed by atoms with E-state index in [0.717, 1.165) is 49.4 Å². The number of nitrogens with zero attached hydrogens (tertiary/aromatic N) is 4. The maximum absolute atomic E-state index is 13.7. The van der Waals surface area contributed by atoms with Crippen LogP contribution in [0.5, 0.6) is 0 Å². The lowest BCUT2D eigenvalue weighted by atomic mass is 9.75. The predicted octanol–water partition coefficient (Wildman–Crippen LogP) is 5.10. The SMILES string of the molecule is O=C1N=Cc2c(-c3cnc4cc(F)ccn34)ccc(Nc3ccc4c(n3)C(NC3CC3)CC43CCOCC3)c21. The van der Waals surface area contributed by atoms with Crippen LogP contribution in [0.25, 0.3) is 16.9 Å². The van der Waals surface area contributed by atoms with Gasteiger partial charge in [-0.2, -0.15) is 0 Å². The number of fused-ring (bicyclic) bond motifs is 4. The van der Waals surface area contributed by atoms with Crippen molar-refractivity contribution in [1.29, 1.82) is 0 Å². The summed E-state index contributed by atoms with van der Waals surface area (Å²) in [6, 6.07) is 11.7. The Kier molecular flexibility index (Phi) is 5.02. The smallest absolute Gasteiger partial charge is 0.279 e. The van der Waals surface area contributed by atoms with Crippen molar-refractivity contribution in [3.8, 4) is 11.3 Å². The van der Waals surface area contributed by atoms with Gasteiger partial charge >= 0.3 is 0 Å². The van der Waals surface area contributed by atoms with E-state index in [4.69, 9.17) is 9.72 Å². The van der Waals surface area contributed by atoms with E-state index in [1.807, 2.05) is 22.6 Å². The van der Waals surface area contributed by atoms with E-state index < -0.39 is 0 Å². The molecule has 1 saturated heterocycles. The summed E-state index contributed by atoms with van der Waals surface area (Å²) in [7, 11) is 0.